The van der Waals surface area contributed by atoms with Crippen molar-refractivity contribution in [2.45, 2.75) is 4.90 Å². The second kappa shape index (κ2) is 4.86. The third-order valence-corrected chi connectivity index (χ3v) is 3.07. The zero-order valence-electron chi connectivity index (χ0n) is 7.50. The molecule has 1 rings (SSSR count). The van der Waals surface area contributed by atoms with Crippen molar-refractivity contribution < 1.29 is 8.42 Å². The van der Waals surface area contributed by atoms with Crippen molar-refractivity contribution in [3.63, 3.8) is 0 Å². The summed E-state index contributed by atoms with van der Waals surface area (Å²) in [6, 6.07) is 4.27. The lowest BCUT2D eigenvalue weighted by Crippen LogP contribution is -2.12. The quantitative estimate of drug-likeness (QED) is 0.618. The van der Waals surface area contributed by atoms with Crippen LogP contribution in [-0.4, -0.2) is 14.3 Å². The first kappa shape index (κ1) is 12.3. The lowest BCUT2D eigenvalue weighted by atomic mass is 10.2. The molecular formula is C9H7Cl2NO2S. The molecule has 3 nitrogen and oxygen atoms in total. The van der Waals surface area contributed by atoms with E-state index in [1.165, 1.54) is 18.2 Å². The minimum absolute atomic E-state index is 0.0545. The van der Waals surface area contributed by atoms with E-state index in [0.717, 1.165) is 0 Å². The highest BCUT2D eigenvalue weighted by molar-refractivity contribution is 7.89. The van der Waals surface area contributed by atoms with Gasteiger partial charge in [-0.3, -0.25) is 0 Å². The molecule has 80 valence electrons. The fourth-order valence-corrected chi connectivity index (χ4v) is 2.10. The van der Waals surface area contributed by atoms with Crippen LogP contribution < -0.4 is 5.14 Å². The van der Waals surface area contributed by atoms with Crippen molar-refractivity contribution in [3.05, 3.63) is 28.8 Å². The first-order chi connectivity index (χ1) is 6.95. The molecule has 0 atom stereocenters. The van der Waals surface area contributed by atoms with E-state index in [1.54, 1.807) is 0 Å². The Balaban J connectivity index is 3.21. The van der Waals surface area contributed by atoms with E-state index in [-0.39, 0.29) is 15.8 Å². The Morgan fingerprint density at radius 1 is 1.40 bits per heavy atom. The van der Waals surface area contributed by atoms with E-state index >= 15 is 0 Å². The molecule has 15 heavy (non-hydrogen) atoms. The predicted molar refractivity (Wildman–Crippen MR) is 60.4 cm³/mol. The van der Waals surface area contributed by atoms with Gasteiger partial charge in [0.15, 0.2) is 0 Å². The van der Waals surface area contributed by atoms with Gasteiger partial charge in [-0.05, 0) is 18.2 Å². The molecule has 0 saturated carbocycles. The van der Waals surface area contributed by atoms with Gasteiger partial charge in [-0.1, -0.05) is 23.4 Å². The zero-order valence-corrected chi connectivity index (χ0v) is 9.83. The van der Waals surface area contributed by atoms with Crippen LogP contribution in [0.4, 0.5) is 0 Å². The lowest BCUT2D eigenvalue weighted by Gasteiger charge is -2.01. The Labute approximate surface area is 98.2 Å². The summed E-state index contributed by atoms with van der Waals surface area (Å²) < 4.78 is 22.0. The number of nitrogens with two attached hydrogens (primary N) is 1. The number of primary sulfonamides is 1. The highest BCUT2D eigenvalue weighted by atomic mass is 35.5. The normalized spacial score (nSPS) is 10.6. The van der Waals surface area contributed by atoms with Gasteiger partial charge < -0.3 is 0 Å². The molecule has 0 aliphatic carbocycles. The molecule has 0 unspecified atom stereocenters. The molecule has 1 aromatic carbocycles. The van der Waals surface area contributed by atoms with Gasteiger partial charge >= 0.3 is 0 Å². The first-order valence-electron chi connectivity index (χ1n) is 3.82. The molecule has 0 aliphatic rings. The molecule has 0 fully saturated rings. The van der Waals surface area contributed by atoms with Crippen molar-refractivity contribution in [1.82, 2.24) is 0 Å². The Morgan fingerprint density at radius 3 is 2.53 bits per heavy atom. The van der Waals surface area contributed by atoms with Crippen LogP contribution in [0, 0.1) is 11.8 Å². The summed E-state index contributed by atoms with van der Waals surface area (Å²) in [6.45, 7) is 0. The number of hydrogen-bond donors (Lipinski definition) is 1. The second-order valence-corrected chi connectivity index (χ2v) is 4.83. The van der Waals surface area contributed by atoms with E-state index in [9.17, 15) is 8.42 Å². The Morgan fingerprint density at radius 2 is 2.07 bits per heavy atom. The minimum Gasteiger partial charge on any atom is -0.225 e. The smallest absolute Gasteiger partial charge is 0.225 e. The summed E-state index contributed by atoms with van der Waals surface area (Å²) in [4.78, 5) is -0.111. The van der Waals surface area contributed by atoms with Crippen LogP contribution in [0.3, 0.4) is 0 Å². The third-order valence-electron chi connectivity index (χ3n) is 1.54. The molecule has 1 aromatic rings. The second-order valence-electron chi connectivity index (χ2n) is 2.63. The molecule has 2 N–H and O–H groups in total. The van der Waals surface area contributed by atoms with Crippen LogP contribution in [0.1, 0.15) is 5.56 Å². The van der Waals surface area contributed by atoms with Crippen molar-refractivity contribution in [1.29, 1.82) is 0 Å². The monoisotopic (exact) mass is 263 g/mol. The van der Waals surface area contributed by atoms with Gasteiger partial charge in [-0.25, -0.2) is 13.6 Å². The van der Waals surface area contributed by atoms with E-state index in [1.807, 2.05) is 0 Å². The maximum atomic E-state index is 11.0. The van der Waals surface area contributed by atoms with Gasteiger partial charge in [-0.2, -0.15) is 0 Å². The van der Waals surface area contributed by atoms with Gasteiger partial charge in [0.25, 0.3) is 0 Å². The maximum Gasteiger partial charge on any atom is 0.239 e. The maximum absolute atomic E-state index is 11.0. The highest BCUT2D eigenvalue weighted by Gasteiger charge is 2.12. The van der Waals surface area contributed by atoms with Crippen LogP contribution in [-0.2, 0) is 10.0 Å². The standard InChI is InChI=1S/C9H7Cl2NO2S/c10-5-1-2-7-3-4-9(8(11)6-7)15(12,13)14/h3-4,6H,5H2,(H2,12,13,14). The van der Waals surface area contributed by atoms with E-state index in [0.29, 0.717) is 5.56 Å². The van der Waals surface area contributed by atoms with E-state index in [4.69, 9.17) is 28.3 Å². The van der Waals surface area contributed by atoms with Gasteiger partial charge in [0, 0.05) is 5.56 Å². The van der Waals surface area contributed by atoms with Crippen LogP contribution in [0.5, 0.6) is 0 Å². The van der Waals surface area contributed by atoms with Crippen LogP contribution in [0.15, 0.2) is 23.1 Å². The Bertz CT molecular complexity index is 529. The minimum atomic E-state index is -3.78. The zero-order chi connectivity index (χ0) is 11.5. The molecular weight excluding hydrogens is 257 g/mol. The third kappa shape index (κ3) is 3.40. The summed E-state index contributed by atoms with van der Waals surface area (Å²) in [6.07, 6.45) is 0. The van der Waals surface area contributed by atoms with Crippen LogP contribution in [0.25, 0.3) is 0 Å². The summed E-state index contributed by atoms with van der Waals surface area (Å²) >= 11 is 11.1. The number of rotatable bonds is 1. The number of hydrogen-bond acceptors (Lipinski definition) is 2. The molecule has 0 saturated heterocycles. The highest BCUT2D eigenvalue weighted by Crippen LogP contribution is 2.20. The Hall–Kier alpha value is -0.730. The average molecular weight is 264 g/mol. The van der Waals surface area contributed by atoms with Crippen molar-refractivity contribution in [3.8, 4) is 11.8 Å². The van der Waals surface area contributed by atoms with E-state index in [2.05, 4.69) is 11.8 Å². The van der Waals surface area contributed by atoms with Crippen molar-refractivity contribution >= 4 is 33.2 Å². The molecule has 0 aromatic heterocycles. The van der Waals surface area contributed by atoms with Gasteiger partial charge in [-0.15, -0.1) is 11.6 Å². The van der Waals surface area contributed by atoms with Gasteiger partial charge in [0.1, 0.15) is 4.90 Å². The summed E-state index contributed by atoms with van der Waals surface area (Å²) in [7, 11) is -3.78. The lowest BCUT2D eigenvalue weighted by molar-refractivity contribution is 0.598. The molecule has 6 heteroatoms. The molecule has 0 heterocycles. The molecule has 0 spiro atoms. The summed E-state index contributed by atoms with van der Waals surface area (Å²) in [5, 5.41) is 4.99. The number of sulfonamides is 1. The average Bonchev–Trinajstić information content (AvgIpc) is 2.12. The number of alkyl halides is 1. The predicted octanol–water partition coefficient (Wildman–Crippen LogP) is 1.58. The summed E-state index contributed by atoms with van der Waals surface area (Å²) in [5.74, 6) is 5.54. The van der Waals surface area contributed by atoms with Crippen molar-refractivity contribution in [2.75, 3.05) is 5.88 Å². The molecule has 0 radical (unpaired) electrons. The summed E-state index contributed by atoms with van der Waals surface area (Å²) in [5.41, 5.74) is 0.591. The largest absolute Gasteiger partial charge is 0.239 e. The van der Waals surface area contributed by atoms with E-state index < -0.39 is 10.0 Å². The topological polar surface area (TPSA) is 60.2 Å². The molecule has 0 bridgehead atoms. The van der Waals surface area contributed by atoms with Crippen molar-refractivity contribution in [2.24, 2.45) is 5.14 Å². The van der Waals surface area contributed by atoms with Crippen LogP contribution >= 0.6 is 23.2 Å². The van der Waals surface area contributed by atoms with Gasteiger partial charge in [0.2, 0.25) is 10.0 Å². The fraction of sp³-hybridized carbons (Fsp3) is 0.111. The number of benzene rings is 1. The SMILES string of the molecule is NS(=O)(=O)c1ccc(C#CCCl)cc1Cl. The fourth-order valence-electron chi connectivity index (χ4n) is 0.945. The first-order valence-corrected chi connectivity index (χ1v) is 6.28. The number of halogens is 2. The molecule has 0 aliphatic heterocycles. The Kier molecular flexibility index (Phi) is 4.00. The van der Waals surface area contributed by atoms with Gasteiger partial charge in [0.05, 0.1) is 10.9 Å². The van der Waals surface area contributed by atoms with Crippen LogP contribution in [0.2, 0.25) is 5.02 Å². The molecule has 0 amide bonds.